The first kappa shape index (κ1) is 13.4. The SMILES string of the molecule is O=C(OCC(Br)CBr)C(Br)CBr. The first-order chi connectivity index (χ1) is 5.61. The van der Waals surface area contributed by atoms with Crippen LogP contribution in [0.15, 0.2) is 0 Å². The maximum atomic E-state index is 11.1. The Bertz CT molecular complexity index is 142. The fraction of sp³-hybridized carbons (Fsp3) is 0.833. The molecule has 0 heterocycles. The van der Waals surface area contributed by atoms with Gasteiger partial charge in [-0.1, -0.05) is 63.7 Å². The Morgan fingerprint density at radius 2 is 1.83 bits per heavy atom. The summed E-state index contributed by atoms with van der Waals surface area (Å²) in [6.45, 7) is 0.388. The van der Waals surface area contributed by atoms with E-state index in [0.29, 0.717) is 11.9 Å². The second-order valence-electron chi connectivity index (χ2n) is 2.00. The monoisotopic (exact) mass is 428 g/mol. The van der Waals surface area contributed by atoms with E-state index < -0.39 is 0 Å². The largest absolute Gasteiger partial charge is 0.464 e. The van der Waals surface area contributed by atoms with Gasteiger partial charge in [-0.05, 0) is 0 Å². The van der Waals surface area contributed by atoms with Crippen molar-refractivity contribution in [3.05, 3.63) is 0 Å². The van der Waals surface area contributed by atoms with Crippen molar-refractivity contribution in [1.29, 1.82) is 0 Å². The Hall–Kier alpha value is 1.39. The third-order valence-corrected chi connectivity index (χ3v) is 5.42. The van der Waals surface area contributed by atoms with Gasteiger partial charge in [-0.15, -0.1) is 0 Å². The van der Waals surface area contributed by atoms with Crippen molar-refractivity contribution in [3.63, 3.8) is 0 Å². The number of ether oxygens (including phenoxy) is 1. The van der Waals surface area contributed by atoms with Gasteiger partial charge in [0, 0.05) is 10.7 Å². The molecular weight excluding hydrogens is 424 g/mol. The number of alkyl halides is 4. The molecule has 2 unspecified atom stereocenters. The maximum absolute atomic E-state index is 11.1. The normalized spacial score (nSPS) is 15.3. The quantitative estimate of drug-likeness (QED) is 0.494. The molecule has 0 radical (unpaired) electrons. The average molecular weight is 432 g/mol. The number of esters is 1. The molecule has 0 aliphatic heterocycles. The molecule has 12 heavy (non-hydrogen) atoms. The Labute approximate surface area is 105 Å². The fourth-order valence-corrected chi connectivity index (χ4v) is 1.09. The molecule has 0 aliphatic rings. The van der Waals surface area contributed by atoms with Crippen LogP contribution in [0.4, 0.5) is 0 Å². The van der Waals surface area contributed by atoms with Crippen molar-refractivity contribution in [2.45, 2.75) is 9.65 Å². The van der Waals surface area contributed by atoms with Crippen LogP contribution in [0.3, 0.4) is 0 Å². The summed E-state index contributed by atoms with van der Waals surface area (Å²) in [6, 6.07) is 0. The predicted molar refractivity (Wildman–Crippen MR) is 64.0 cm³/mol. The molecule has 0 saturated carbocycles. The van der Waals surface area contributed by atoms with E-state index in [4.69, 9.17) is 4.74 Å². The van der Waals surface area contributed by atoms with E-state index in [9.17, 15) is 4.79 Å². The van der Waals surface area contributed by atoms with E-state index in [1.54, 1.807) is 0 Å². The van der Waals surface area contributed by atoms with Gasteiger partial charge in [-0.25, -0.2) is 0 Å². The van der Waals surface area contributed by atoms with Crippen molar-refractivity contribution in [2.24, 2.45) is 0 Å². The zero-order valence-electron chi connectivity index (χ0n) is 6.10. The van der Waals surface area contributed by atoms with Crippen molar-refractivity contribution in [3.8, 4) is 0 Å². The number of rotatable bonds is 5. The summed E-state index contributed by atoms with van der Waals surface area (Å²) >= 11 is 12.9. The Morgan fingerprint density at radius 3 is 2.25 bits per heavy atom. The first-order valence-corrected chi connectivity index (χ1v) is 7.26. The van der Waals surface area contributed by atoms with Crippen LogP contribution in [0.2, 0.25) is 0 Å². The maximum Gasteiger partial charge on any atom is 0.320 e. The third kappa shape index (κ3) is 5.94. The van der Waals surface area contributed by atoms with Crippen LogP contribution in [0.1, 0.15) is 0 Å². The summed E-state index contributed by atoms with van der Waals surface area (Å²) in [7, 11) is 0. The molecule has 0 fully saturated rings. The first-order valence-electron chi connectivity index (χ1n) is 3.18. The summed E-state index contributed by atoms with van der Waals surface area (Å²) in [4.78, 5) is 11.0. The number of hydrogen-bond acceptors (Lipinski definition) is 2. The summed E-state index contributed by atoms with van der Waals surface area (Å²) in [5.74, 6) is -0.239. The molecule has 2 atom stereocenters. The van der Waals surface area contributed by atoms with Gasteiger partial charge in [0.2, 0.25) is 0 Å². The number of hydrogen-bond donors (Lipinski definition) is 0. The smallest absolute Gasteiger partial charge is 0.320 e. The van der Waals surface area contributed by atoms with Gasteiger partial charge >= 0.3 is 5.97 Å². The molecule has 0 spiro atoms. The van der Waals surface area contributed by atoms with E-state index >= 15 is 0 Å². The third-order valence-electron chi connectivity index (χ3n) is 0.965. The van der Waals surface area contributed by atoms with Gasteiger partial charge in [0.15, 0.2) is 0 Å². The molecule has 0 aromatic carbocycles. The minimum atomic E-state index is -0.257. The van der Waals surface area contributed by atoms with Crippen molar-refractivity contribution < 1.29 is 9.53 Å². The lowest BCUT2D eigenvalue weighted by molar-refractivity contribution is -0.142. The van der Waals surface area contributed by atoms with Gasteiger partial charge in [0.05, 0.1) is 4.83 Å². The zero-order chi connectivity index (χ0) is 9.56. The van der Waals surface area contributed by atoms with Crippen molar-refractivity contribution in [2.75, 3.05) is 17.3 Å². The minimum absolute atomic E-state index is 0.177. The van der Waals surface area contributed by atoms with Gasteiger partial charge in [-0.3, -0.25) is 4.79 Å². The van der Waals surface area contributed by atoms with Crippen LogP contribution in [0.25, 0.3) is 0 Å². The molecule has 0 aromatic rings. The molecule has 72 valence electrons. The van der Waals surface area contributed by atoms with E-state index in [0.717, 1.165) is 5.33 Å². The number of halogens is 4. The topological polar surface area (TPSA) is 26.3 Å². The van der Waals surface area contributed by atoms with Gasteiger partial charge in [-0.2, -0.15) is 0 Å². The highest BCUT2D eigenvalue weighted by atomic mass is 79.9. The Kier molecular flexibility index (Phi) is 8.66. The Morgan fingerprint density at radius 1 is 1.25 bits per heavy atom. The molecule has 0 N–H and O–H groups in total. The Balaban J connectivity index is 3.56. The van der Waals surface area contributed by atoms with E-state index in [1.165, 1.54) is 0 Å². The lowest BCUT2D eigenvalue weighted by atomic mass is 10.5. The van der Waals surface area contributed by atoms with Crippen LogP contribution < -0.4 is 0 Å². The summed E-state index contributed by atoms with van der Waals surface area (Å²) < 4.78 is 4.95. The van der Waals surface area contributed by atoms with Crippen LogP contribution >= 0.6 is 63.7 Å². The lowest BCUT2D eigenvalue weighted by Gasteiger charge is -2.09. The van der Waals surface area contributed by atoms with Crippen LogP contribution in [-0.4, -0.2) is 32.9 Å². The van der Waals surface area contributed by atoms with Crippen LogP contribution in [-0.2, 0) is 9.53 Å². The van der Waals surface area contributed by atoms with Crippen molar-refractivity contribution in [1.82, 2.24) is 0 Å². The molecule has 2 nitrogen and oxygen atoms in total. The zero-order valence-corrected chi connectivity index (χ0v) is 12.4. The standard InChI is InChI=1S/C6H8Br4O2/c7-1-4(9)3-12-6(11)5(10)2-8/h4-5H,1-3H2. The second-order valence-corrected chi connectivity index (χ2v) is 5.70. The fourth-order valence-electron chi connectivity index (χ4n) is 0.371. The van der Waals surface area contributed by atoms with Gasteiger partial charge < -0.3 is 4.74 Å². The highest BCUT2D eigenvalue weighted by molar-refractivity contribution is 9.12. The summed E-state index contributed by atoms with van der Waals surface area (Å²) in [5.41, 5.74) is 0. The van der Waals surface area contributed by atoms with E-state index in [2.05, 4.69) is 63.7 Å². The molecule has 0 aromatic heterocycles. The molecule has 0 aliphatic carbocycles. The summed E-state index contributed by atoms with van der Waals surface area (Å²) in [6.07, 6.45) is 0. The molecule has 6 heteroatoms. The molecule has 0 rings (SSSR count). The average Bonchev–Trinajstić information content (AvgIpc) is 2.11. The molecule has 0 amide bonds. The van der Waals surface area contributed by atoms with Crippen molar-refractivity contribution >= 4 is 69.7 Å². The van der Waals surface area contributed by atoms with Crippen LogP contribution in [0, 0.1) is 0 Å². The second kappa shape index (κ2) is 7.76. The minimum Gasteiger partial charge on any atom is -0.464 e. The van der Waals surface area contributed by atoms with Crippen LogP contribution in [0.5, 0.6) is 0 Å². The summed E-state index contributed by atoms with van der Waals surface area (Å²) in [5, 5.41) is 1.33. The predicted octanol–water partition coefficient (Wildman–Crippen LogP) is 2.85. The highest BCUT2D eigenvalue weighted by Crippen LogP contribution is 2.09. The molecule has 0 saturated heterocycles. The lowest BCUT2D eigenvalue weighted by Crippen LogP contribution is -2.22. The number of carbonyl (C=O) groups excluding carboxylic acids is 1. The van der Waals surface area contributed by atoms with E-state index in [-0.39, 0.29) is 15.6 Å². The molecular formula is C6H8Br4O2. The highest BCUT2D eigenvalue weighted by Gasteiger charge is 2.15. The van der Waals surface area contributed by atoms with Gasteiger partial charge in [0.1, 0.15) is 11.4 Å². The van der Waals surface area contributed by atoms with E-state index in [1.807, 2.05) is 0 Å². The van der Waals surface area contributed by atoms with Gasteiger partial charge in [0.25, 0.3) is 0 Å². The number of carbonyl (C=O) groups is 1. The molecule has 0 bridgehead atoms.